The van der Waals surface area contributed by atoms with Gasteiger partial charge in [0.1, 0.15) is 6.17 Å². The first kappa shape index (κ1) is 11.5. The molecule has 0 bridgehead atoms. The van der Waals surface area contributed by atoms with Gasteiger partial charge in [-0.15, -0.1) is 0 Å². The highest BCUT2D eigenvalue weighted by Gasteiger charge is 1.96. The molecule has 4 nitrogen and oxygen atoms in total. The van der Waals surface area contributed by atoms with Gasteiger partial charge in [-0.3, -0.25) is 0 Å². The van der Waals surface area contributed by atoms with Gasteiger partial charge in [0.05, 0.1) is 6.54 Å². The van der Waals surface area contributed by atoms with Crippen LogP contribution in [0.15, 0.2) is 10.2 Å². The van der Waals surface area contributed by atoms with E-state index in [0.717, 1.165) is 13.0 Å². The van der Waals surface area contributed by atoms with Gasteiger partial charge < -0.3 is 0 Å². The van der Waals surface area contributed by atoms with E-state index in [1.807, 2.05) is 26.0 Å². The molecule has 0 aliphatic heterocycles. The predicted octanol–water partition coefficient (Wildman–Crippen LogP) is 1.65. The molecule has 0 rings (SSSR count). The fourth-order valence-electron chi connectivity index (χ4n) is 0.809. The van der Waals surface area contributed by atoms with Crippen LogP contribution in [0.25, 0.3) is 0 Å². The van der Waals surface area contributed by atoms with Crippen LogP contribution >= 0.6 is 0 Å². The lowest BCUT2D eigenvalue weighted by Gasteiger charge is -2.14. The second-order valence-electron chi connectivity index (χ2n) is 3.03. The molecule has 12 heavy (non-hydrogen) atoms. The zero-order chi connectivity index (χ0) is 9.40. The van der Waals surface area contributed by atoms with Crippen LogP contribution in [0, 0.1) is 0 Å². The largest absolute Gasteiger partial charge is 0.249 e. The van der Waals surface area contributed by atoms with Crippen LogP contribution in [0.4, 0.5) is 0 Å². The summed E-state index contributed by atoms with van der Waals surface area (Å²) in [6.07, 6.45) is 2.38. The molecule has 0 heterocycles. The van der Waals surface area contributed by atoms with E-state index in [0.29, 0.717) is 0 Å². The molecular formula is C8H20N4. The standard InChI is InChI=1S/C8H20N4/c1-5-6-7-9-10-8(2)11-12(3)4/h8,11H,5-7H2,1-4H3. The van der Waals surface area contributed by atoms with Gasteiger partial charge in [-0.1, -0.05) is 13.3 Å². The van der Waals surface area contributed by atoms with Gasteiger partial charge >= 0.3 is 0 Å². The zero-order valence-corrected chi connectivity index (χ0v) is 8.54. The molecule has 0 aliphatic rings. The van der Waals surface area contributed by atoms with Gasteiger partial charge in [-0.25, -0.2) is 10.4 Å². The maximum atomic E-state index is 4.07. The van der Waals surface area contributed by atoms with E-state index in [4.69, 9.17) is 0 Å². The number of hydrazine groups is 1. The van der Waals surface area contributed by atoms with Gasteiger partial charge in [-0.2, -0.15) is 10.2 Å². The van der Waals surface area contributed by atoms with E-state index in [9.17, 15) is 0 Å². The minimum absolute atomic E-state index is 0.0804. The maximum Gasteiger partial charge on any atom is 0.130 e. The minimum Gasteiger partial charge on any atom is -0.249 e. The molecule has 0 amide bonds. The van der Waals surface area contributed by atoms with Crippen LogP contribution < -0.4 is 5.43 Å². The minimum atomic E-state index is 0.0804. The molecular weight excluding hydrogens is 152 g/mol. The van der Waals surface area contributed by atoms with Crippen molar-refractivity contribution < 1.29 is 0 Å². The highest BCUT2D eigenvalue weighted by atomic mass is 15.5. The van der Waals surface area contributed by atoms with Gasteiger partial charge in [0.25, 0.3) is 0 Å². The Morgan fingerprint density at radius 3 is 2.58 bits per heavy atom. The van der Waals surface area contributed by atoms with Crippen molar-refractivity contribution in [3.63, 3.8) is 0 Å². The van der Waals surface area contributed by atoms with E-state index in [1.165, 1.54) is 6.42 Å². The second-order valence-corrected chi connectivity index (χ2v) is 3.03. The number of nitrogens with zero attached hydrogens (tertiary/aromatic N) is 3. The molecule has 0 fully saturated rings. The molecule has 0 radical (unpaired) electrons. The van der Waals surface area contributed by atoms with Gasteiger partial charge in [-0.05, 0) is 13.3 Å². The van der Waals surface area contributed by atoms with Crippen LogP contribution in [0.2, 0.25) is 0 Å². The van der Waals surface area contributed by atoms with E-state index in [-0.39, 0.29) is 6.17 Å². The van der Waals surface area contributed by atoms with Crippen LogP contribution in [-0.2, 0) is 0 Å². The smallest absolute Gasteiger partial charge is 0.130 e. The number of nitrogens with one attached hydrogen (secondary N) is 1. The molecule has 0 aromatic rings. The molecule has 4 heteroatoms. The summed E-state index contributed by atoms with van der Waals surface area (Å²) >= 11 is 0. The Kier molecular flexibility index (Phi) is 6.90. The van der Waals surface area contributed by atoms with E-state index < -0.39 is 0 Å². The monoisotopic (exact) mass is 172 g/mol. The third-order valence-electron chi connectivity index (χ3n) is 1.31. The van der Waals surface area contributed by atoms with E-state index in [1.54, 1.807) is 0 Å². The summed E-state index contributed by atoms with van der Waals surface area (Å²) in [7, 11) is 3.89. The normalized spacial score (nSPS) is 14.4. The Morgan fingerprint density at radius 1 is 1.42 bits per heavy atom. The lowest BCUT2D eigenvalue weighted by atomic mass is 10.3. The predicted molar refractivity (Wildman–Crippen MR) is 50.9 cm³/mol. The zero-order valence-electron chi connectivity index (χ0n) is 8.54. The highest BCUT2D eigenvalue weighted by molar-refractivity contribution is 4.49. The Hall–Kier alpha value is -0.480. The Balaban J connectivity index is 3.40. The highest BCUT2D eigenvalue weighted by Crippen LogP contribution is 1.91. The summed E-state index contributed by atoms with van der Waals surface area (Å²) < 4.78 is 0. The first-order valence-corrected chi connectivity index (χ1v) is 4.47. The first-order valence-electron chi connectivity index (χ1n) is 4.47. The average Bonchev–Trinajstić information content (AvgIpc) is 1.97. The molecule has 0 aromatic heterocycles. The fourth-order valence-corrected chi connectivity index (χ4v) is 0.809. The Bertz CT molecular complexity index is 122. The van der Waals surface area contributed by atoms with Crippen molar-refractivity contribution in [2.45, 2.75) is 32.9 Å². The van der Waals surface area contributed by atoms with Crippen molar-refractivity contribution in [1.29, 1.82) is 0 Å². The Labute approximate surface area is 75.0 Å². The number of azo groups is 1. The summed E-state index contributed by atoms with van der Waals surface area (Å²) in [4.78, 5) is 0. The maximum absolute atomic E-state index is 4.07. The number of hydrogen-bond donors (Lipinski definition) is 1. The average molecular weight is 172 g/mol. The Morgan fingerprint density at radius 2 is 2.08 bits per heavy atom. The lowest BCUT2D eigenvalue weighted by molar-refractivity contribution is 0.249. The third kappa shape index (κ3) is 7.63. The summed E-state index contributed by atoms with van der Waals surface area (Å²) in [5.41, 5.74) is 3.09. The van der Waals surface area contributed by atoms with Crippen molar-refractivity contribution in [2.75, 3.05) is 20.6 Å². The molecule has 0 saturated carbocycles. The molecule has 0 spiro atoms. The van der Waals surface area contributed by atoms with Crippen LogP contribution in [0.5, 0.6) is 0 Å². The SMILES string of the molecule is CCCCN=NC(C)NN(C)C. The van der Waals surface area contributed by atoms with Crippen LogP contribution in [-0.4, -0.2) is 31.8 Å². The molecule has 0 aliphatic carbocycles. The first-order chi connectivity index (χ1) is 5.66. The number of rotatable bonds is 6. The van der Waals surface area contributed by atoms with Crippen molar-refractivity contribution in [3.05, 3.63) is 0 Å². The van der Waals surface area contributed by atoms with E-state index >= 15 is 0 Å². The van der Waals surface area contributed by atoms with Crippen LogP contribution in [0.3, 0.4) is 0 Å². The van der Waals surface area contributed by atoms with Crippen LogP contribution in [0.1, 0.15) is 26.7 Å². The fraction of sp³-hybridized carbons (Fsp3) is 1.00. The lowest BCUT2D eigenvalue weighted by Crippen LogP contribution is -2.36. The number of hydrogen-bond acceptors (Lipinski definition) is 4. The second kappa shape index (κ2) is 7.18. The quantitative estimate of drug-likeness (QED) is 0.376. The molecule has 0 saturated heterocycles. The molecule has 0 aromatic carbocycles. The summed E-state index contributed by atoms with van der Waals surface area (Å²) in [5.74, 6) is 0. The van der Waals surface area contributed by atoms with Crippen molar-refractivity contribution in [2.24, 2.45) is 10.2 Å². The topological polar surface area (TPSA) is 40.0 Å². The van der Waals surface area contributed by atoms with Crippen molar-refractivity contribution in [1.82, 2.24) is 10.4 Å². The molecule has 1 atom stereocenters. The molecule has 72 valence electrons. The van der Waals surface area contributed by atoms with Gasteiger partial charge in [0.2, 0.25) is 0 Å². The van der Waals surface area contributed by atoms with E-state index in [2.05, 4.69) is 22.6 Å². The summed E-state index contributed by atoms with van der Waals surface area (Å²) in [6.45, 7) is 4.97. The molecule has 1 unspecified atom stereocenters. The third-order valence-corrected chi connectivity index (χ3v) is 1.31. The number of unbranched alkanes of at least 4 members (excludes halogenated alkanes) is 1. The summed E-state index contributed by atoms with van der Waals surface area (Å²) in [6, 6.07) is 0. The van der Waals surface area contributed by atoms with Gasteiger partial charge in [0.15, 0.2) is 0 Å². The van der Waals surface area contributed by atoms with Crippen molar-refractivity contribution >= 4 is 0 Å². The van der Waals surface area contributed by atoms with Crippen molar-refractivity contribution in [3.8, 4) is 0 Å². The van der Waals surface area contributed by atoms with Gasteiger partial charge in [0, 0.05) is 14.1 Å². The summed E-state index contributed by atoms with van der Waals surface area (Å²) in [5, 5.41) is 10.0. The molecule has 1 N–H and O–H groups in total.